The summed E-state index contributed by atoms with van der Waals surface area (Å²) in [5, 5.41) is 3.84. The number of nitrogens with zero attached hydrogens (tertiary/aromatic N) is 2. The third-order valence-electron chi connectivity index (χ3n) is 3.86. The zero-order valence-electron chi connectivity index (χ0n) is 14.6. The zero-order valence-corrected chi connectivity index (χ0v) is 15.4. The lowest BCUT2D eigenvalue weighted by atomic mass is 10.2. The van der Waals surface area contributed by atoms with Gasteiger partial charge in [-0.05, 0) is 42.3 Å². The van der Waals surface area contributed by atoms with Gasteiger partial charge in [-0.3, -0.25) is 0 Å². The Morgan fingerprint density at radius 2 is 1.89 bits per heavy atom. The lowest BCUT2D eigenvalue weighted by molar-refractivity contribution is 0.376. The first-order valence-electron chi connectivity index (χ1n) is 8.14. The van der Waals surface area contributed by atoms with Crippen molar-refractivity contribution >= 4 is 10.0 Å². The van der Waals surface area contributed by atoms with E-state index in [9.17, 15) is 12.8 Å². The fourth-order valence-electron chi connectivity index (χ4n) is 2.37. The molecule has 2 aromatic carbocycles. The Bertz CT molecular complexity index is 1000. The molecule has 7 nitrogen and oxygen atoms in total. The van der Waals surface area contributed by atoms with Crippen LogP contribution in [0.15, 0.2) is 53.1 Å². The highest BCUT2D eigenvalue weighted by Gasteiger charge is 2.15. The predicted molar refractivity (Wildman–Crippen MR) is 97.0 cm³/mol. The van der Waals surface area contributed by atoms with Crippen molar-refractivity contribution in [2.75, 3.05) is 12.9 Å². The standard InChI is InChI=1S/C18H18FN3O4S/c1-25-15-8-6-14(7-9-15)18-21-17(26-22-18)12-20-27(23,24)11-10-13-4-2-3-5-16(13)19/h2-9,20H,10-12H2,1H3. The maximum Gasteiger partial charge on any atom is 0.242 e. The average molecular weight is 391 g/mol. The van der Waals surface area contributed by atoms with E-state index < -0.39 is 15.8 Å². The summed E-state index contributed by atoms with van der Waals surface area (Å²) in [5.74, 6) is 0.514. The zero-order chi connectivity index (χ0) is 19.3. The fraction of sp³-hybridized carbons (Fsp3) is 0.222. The molecule has 0 saturated carbocycles. The molecule has 0 atom stereocenters. The van der Waals surface area contributed by atoms with Crippen molar-refractivity contribution in [2.45, 2.75) is 13.0 Å². The molecule has 0 fully saturated rings. The highest BCUT2D eigenvalue weighted by molar-refractivity contribution is 7.89. The van der Waals surface area contributed by atoms with Gasteiger partial charge in [0.2, 0.25) is 21.7 Å². The third-order valence-corrected chi connectivity index (χ3v) is 5.18. The minimum absolute atomic E-state index is 0.0724. The number of sulfonamides is 1. The molecule has 9 heteroatoms. The van der Waals surface area contributed by atoms with Gasteiger partial charge in [-0.25, -0.2) is 17.5 Å². The number of halogens is 1. The minimum Gasteiger partial charge on any atom is -0.497 e. The minimum atomic E-state index is -3.62. The van der Waals surface area contributed by atoms with Gasteiger partial charge in [0.05, 0.1) is 19.4 Å². The molecule has 3 aromatic rings. The normalized spacial score (nSPS) is 11.5. The molecule has 0 bridgehead atoms. The second kappa shape index (κ2) is 8.28. The van der Waals surface area contributed by atoms with Crippen LogP contribution in [0.25, 0.3) is 11.4 Å². The monoisotopic (exact) mass is 391 g/mol. The van der Waals surface area contributed by atoms with Gasteiger partial charge in [0.25, 0.3) is 0 Å². The van der Waals surface area contributed by atoms with Crippen LogP contribution in [0.3, 0.4) is 0 Å². The van der Waals surface area contributed by atoms with Crippen LogP contribution in [-0.4, -0.2) is 31.4 Å². The molecule has 27 heavy (non-hydrogen) atoms. The van der Waals surface area contributed by atoms with Crippen molar-refractivity contribution in [1.29, 1.82) is 0 Å². The number of benzene rings is 2. The van der Waals surface area contributed by atoms with E-state index in [1.54, 1.807) is 49.6 Å². The highest BCUT2D eigenvalue weighted by atomic mass is 32.2. The van der Waals surface area contributed by atoms with Crippen molar-refractivity contribution in [3.05, 3.63) is 65.8 Å². The van der Waals surface area contributed by atoms with E-state index in [0.29, 0.717) is 22.7 Å². The van der Waals surface area contributed by atoms with Gasteiger partial charge in [0.1, 0.15) is 11.6 Å². The number of methoxy groups -OCH3 is 1. The van der Waals surface area contributed by atoms with E-state index in [0.717, 1.165) is 0 Å². The fourth-order valence-corrected chi connectivity index (χ4v) is 3.35. The maximum absolute atomic E-state index is 13.6. The number of nitrogens with one attached hydrogen (secondary N) is 1. The molecule has 0 aliphatic carbocycles. The molecule has 0 unspecified atom stereocenters. The van der Waals surface area contributed by atoms with Crippen molar-refractivity contribution in [1.82, 2.24) is 14.9 Å². The van der Waals surface area contributed by atoms with Crippen LogP contribution in [0.2, 0.25) is 0 Å². The summed E-state index contributed by atoms with van der Waals surface area (Å²) in [7, 11) is -2.05. The Balaban J connectivity index is 1.57. The number of ether oxygens (including phenoxy) is 1. The van der Waals surface area contributed by atoms with E-state index in [4.69, 9.17) is 9.26 Å². The number of hydrogen-bond acceptors (Lipinski definition) is 6. The van der Waals surface area contributed by atoms with Gasteiger partial charge in [0.15, 0.2) is 0 Å². The quantitative estimate of drug-likeness (QED) is 0.634. The largest absolute Gasteiger partial charge is 0.497 e. The molecule has 1 N–H and O–H groups in total. The summed E-state index contributed by atoms with van der Waals surface area (Å²) >= 11 is 0. The molecule has 0 aliphatic rings. The molecule has 0 spiro atoms. The molecule has 0 saturated heterocycles. The van der Waals surface area contributed by atoms with Crippen molar-refractivity contribution in [3.63, 3.8) is 0 Å². The van der Waals surface area contributed by atoms with Crippen LogP contribution in [0.4, 0.5) is 4.39 Å². The van der Waals surface area contributed by atoms with Crippen LogP contribution >= 0.6 is 0 Å². The molecule has 1 aromatic heterocycles. The lowest BCUT2D eigenvalue weighted by Crippen LogP contribution is -2.27. The first-order valence-corrected chi connectivity index (χ1v) is 9.80. The van der Waals surface area contributed by atoms with E-state index in [1.165, 1.54) is 6.07 Å². The predicted octanol–water partition coefficient (Wildman–Crippen LogP) is 2.55. The second-order valence-electron chi connectivity index (χ2n) is 5.72. The van der Waals surface area contributed by atoms with Crippen LogP contribution in [-0.2, 0) is 23.0 Å². The molecule has 3 rings (SSSR count). The van der Waals surface area contributed by atoms with Crippen LogP contribution in [0.5, 0.6) is 5.75 Å². The summed E-state index contributed by atoms with van der Waals surface area (Å²) in [4.78, 5) is 4.17. The summed E-state index contributed by atoms with van der Waals surface area (Å²) < 4.78 is 50.3. The Labute approximate surface area is 156 Å². The first kappa shape index (κ1) is 19.0. The summed E-state index contributed by atoms with van der Waals surface area (Å²) in [6.07, 6.45) is 0.0724. The van der Waals surface area contributed by atoms with Crippen LogP contribution in [0.1, 0.15) is 11.5 Å². The topological polar surface area (TPSA) is 94.3 Å². The number of hydrogen-bond donors (Lipinski definition) is 1. The number of aromatic nitrogens is 2. The molecule has 0 aliphatic heterocycles. The van der Waals surface area contributed by atoms with E-state index in [2.05, 4.69) is 14.9 Å². The molecule has 1 heterocycles. The van der Waals surface area contributed by atoms with Crippen molar-refractivity contribution in [3.8, 4) is 17.1 Å². The molecular weight excluding hydrogens is 373 g/mol. The van der Waals surface area contributed by atoms with E-state index in [1.807, 2.05) is 0 Å². The Morgan fingerprint density at radius 3 is 2.59 bits per heavy atom. The van der Waals surface area contributed by atoms with E-state index in [-0.39, 0.29) is 24.6 Å². The van der Waals surface area contributed by atoms with Crippen molar-refractivity contribution < 1.29 is 22.1 Å². The number of aryl methyl sites for hydroxylation is 1. The third kappa shape index (κ3) is 5.11. The molecular formula is C18H18FN3O4S. The van der Waals surface area contributed by atoms with Gasteiger partial charge in [-0.1, -0.05) is 23.4 Å². The number of rotatable bonds is 8. The van der Waals surface area contributed by atoms with Gasteiger partial charge in [0, 0.05) is 5.56 Å². The van der Waals surface area contributed by atoms with Crippen LogP contribution < -0.4 is 9.46 Å². The smallest absolute Gasteiger partial charge is 0.242 e. The van der Waals surface area contributed by atoms with E-state index >= 15 is 0 Å². The summed E-state index contributed by atoms with van der Waals surface area (Å²) in [5.41, 5.74) is 1.07. The molecule has 142 valence electrons. The maximum atomic E-state index is 13.6. The first-order chi connectivity index (χ1) is 13.0. The summed E-state index contributed by atoms with van der Waals surface area (Å²) in [6.45, 7) is -0.136. The summed E-state index contributed by atoms with van der Waals surface area (Å²) in [6, 6.07) is 13.1. The molecule has 0 radical (unpaired) electrons. The van der Waals surface area contributed by atoms with Gasteiger partial charge < -0.3 is 9.26 Å². The van der Waals surface area contributed by atoms with Gasteiger partial charge >= 0.3 is 0 Å². The van der Waals surface area contributed by atoms with Crippen LogP contribution in [0, 0.1) is 5.82 Å². The van der Waals surface area contributed by atoms with Gasteiger partial charge in [-0.2, -0.15) is 4.98 Å². The van der Waals surface area contributed by atoms with Crippen molar-refractivity contribution in [2.24, 2.45) is 0 Å². The van der Waals surface area contributed by atoms with Gasteiger partial charge in [-0.15, -0.1) is 0 Å². The second-order valence-corrected chi connectivity index (χ2v) is 7.65. The lowest BCUT2D eigenvalue weighted by Gasteiger charge is -2.05. The SMILES string of the molecule is COc1ccc(-c2noc(CNS(=O)(=O)CCc3ccccc3F)n2)cc1. The Morgan fingerprint density at radius 1 is 1.15 bits per heavy atom. The highest BCUT2D eigenvalue weighted by Crippen LogP contribution is 2.19. The Hall–Kier alpha value is -2.78. The Kier molecular flexibility index (Phi) is 5.82. The average Bonchev–Trinajstić information content (AvgIpc) is 3.15. The molecule has 0 amide bonds.